The summed E-state index contributed by atoms with van der Waals surface area (Å²) in [5.41, 5.74) is 2.21. The molecule has 1 amide bonds. The van der Waals surface area contributed by atoms with Gasteiger partial charge in [-0.3, -0.25) is 4.68 Å². The third-order valence-electron chi connectivity index (χ3n) is 5.13. The average Bonchev–Trinajstić information content (AvgIpc) is 3.32. The normalized spacial score (nSPS) is 12.8. The molecule has 1 atom stereocenters. The number of aromatic nitrogens is 5. The number of carbonyl (C=O) groups is 1. The second kappa shape index (κ2) is 9.35. The fourth-order valence-electron chi connectivity index (χ4n) is 3.53. The SMILES string of the molecule is COC[C@H](CCS(C)(=O)=O)NC(=O)Oc1c[nH]c2ncc(-c3nn(C)c4cc(F)ccc34)nc12. The highest BCUT2D eigenvalue weighted by molar-refractivity contribution is 7.90. The lowest BCUT2D eigenvalue weighted by Gasteiger charge is -2.17. The van der Waals surface area contributed by atoms with E-state index in [1.54, 1.807) is 17.8 Å². The number of H-pyrrole nitrogens is 1. The molecule has 11 nitrogen and oxygen atoms in total. The lowest BCUT2D eigenvalue weighted by Crippen LogP contribution is -2.40. The van der Waals surface area contributed by atoms with E-state index in [0.717, 1.165) is 6.26 Å². The molecule has 0 aliphatic rings. The van der Waals surface area contributed by atoms with Crippen LogP contribution in [0.5, 0.6) is 5.75 Å². The molecule has 34 heavy (non-hydrogen) atoms. The van der Waals surface area contributed by atoms with E-state index in [1.165, 1.54) is 31.6 Å². The van der Waals surface area contributed by atoms with Crippen molar-refractivity contribution in [3.63, 3.8) is 0 Å². The summed E-state index contributed by atoms with van der Waals surface area (Å²) in [5, 5.41) is 7.74. The average molecular weight is 491 g/mol. The standard InChI is InChI=1S/C21H23FN6O5S/c1-28-16-8-12(22)4-5-14(16)18(27-28)15-9-23-20-19(26-15)17(10-24-20)33-21(29)25-13(11-32-2)6-7-34(3,30)31/h4-5,8-10,13H,6-7,11H2,1-3H3,(H,23,24)(H,25,29)/t13-/m0/s1. The number of benzene rings is 1. The first-order chi connectivity index (χ1) is 16.1. The number of aryl methyl sites for hydroxylation is 1. The van der Waals surface area contributed by atoms with E-state index in [4.69, 9.17) is 9.47 Å². The van der Waals surface area contributed by atoms with E-state index in [0.29, 0.717) is 33.5 Å². The zero-order valence-corrected chi connectivity index (χ0v) is 19.5. The minimum Gasteiger partial charge on any atom is -0.406 e. The zero-order valence-electron chi connectivity index (χ0n) is 18.7. The van der Waals surface area contributed by atoms with Crippen LogP contribution in [0.3, 0.4) is 0 Å². The number of amides is 1. The van der Waals surface area contributed by atoms with Crippen LogP contribution in [0.4, 0.5) is 9.18 Å². The number of nitrogens with zero attached hydrogens (tertiary/aromatic N) is 4. The number of ether oxygens (including phenoxy) is 2. The molecular weight excluding hydrogens is 467 g/mol. The first-order valence-electron chi connectivity index (χ1n) is 10.3. The Morgan fingerprint density at radius 3 is 2.88 bits per heavy atom. The summed E-state index contributed by atoms with van der Waals surface area (Å²) in [6.07, 6.45) is 3.48. The molecule has 0 fully saturated rings. The molecule has 1 aromatic carbocycles. The maximum absolute atomic E-state index is 13.6. The molecule has 0 spiro atoms. The van der Waals surface area contributed by atoms with E-state index in [9.17, 15) is 17.6 Å². The van der Waals surface area contributed by atoms with Gasteiger partial charge in [0.15, 0.2) is 16.9 Å². The number of aromatic amines is 1. The molecule has 0 radical (unpaired) electrons. The first kappa shape index (κ1) is 23.6. The molecule has 3 aromatic heterocycles. The van der Waals surface area contributed by atoms with Crippen LogP contribution < -0.4 is 10.1 Å². The second-order valence-corrected chi connectivity index (χ2v) is 10.1. The lowest BCUT2D eigenvalue weighted by atomic mass is 10.1. The molecule has 180 valence electrons. The number of hydrogen-bond donors (Lipinski definition) is 2. The highest BCUT2D eigenvalue weighted by atomic mass is 32.2. The van der Waals surface area contributed by atoms with Crippen molar-refractivity contribution in [3.8, 4) is 17.1 Å². The van der Waals surface area contributed by atoms with Gasteiger partial charge in [-0.05, 0) is 24.6 Å². The van der Waals surface area contributed by atoms with Crippen molar-refractivity contribution < 1.29 is 27.1 Å². The van der Waals surface area contributed by atoms with Gasteiger partial charge in [-0.1, -0.05) is 0 Å². The summed E-state index contributed by atoms with van der Waals surface area (Å²) in [4.78, 5) is 24.2. The van der Waals surface area contributed by atoms with Gasteiger partial charge in [-0.25, -0.2) is 27.6 Å². The van der Waals surface area contributed by atoms with Gasteiger partial charge in [0.05, 0.1) is 30.1 Å². The zero-order chi connectivity index (χ0) is 24.5. The monoisotopic (exact) mass is 490 g/mol. The number of halogens is 1. The topological polar surface area (TPSA) is 141 Å². The summed E-state index contributed by atoms with van der Waals surface area (Å²) in [6, 6.07) is 3.79. The molecule has 13 heteroatoms. The molecule has 0 saturated carbocycles. The Labute approximate surface area is 194 Å². The number of nitrogens with one attached hydrogen (secondary N) is 2. The number of sulfone groups is 1. The van der Waals surface area contributed by atoms with Crippen LogP contribution in [-0.2, 0) is 21.6 Å². The van der Waals surface area contributed by atoms with Crippen LogP contribution in [0.25, 0.3) is 33.5 Å². The summed E-state index contributed by atoms with van der Waals surface area (Å²) in [6.45, 7) is 0.121. The van der Waals surface area contributed by atoms with Crippen LogP contribution in [0.1, 0.15) is 6.42 Å². The molecule has 3 heterocycles. The fourth-order valence-corrected chi connectivity index (χ4v) is 4.24. The minimum atomic E-state index is -3.20. The number of methoxy groups -OCH3 is 1. The maximum Gasteiger partial charge on any atom is 0.413 e. The van der Waals surface area contributed by atoms with Gasteiger partial charge in [0.25, 0.3) is 0 Å². The molecule has 0 saturated heterocycles. The number of carbonyl (C=O) groups excluding carboxylic acids is 1. The highest BCUT2D eigenvalue weighted by Gasteiger charge is 2.20. The van der Waals surface area contributed by atoms with Gasteiger partial charge in [-0.2, -0.15) is 5.10 Å². The van der Waals surface area contributed by atoms with Crippen molar-refractivity contribution in [1.29, 1.82) is 0 Å². The van der Waals surface area contributed by atoms with E-state index in [1.807, 2.05) is 0 Å². The van der Waals surface area contributed by atoms with Crippen LogP contribution in [0, 0.1) is 5.82 Å². The van der Waals surface area contributed by atoms with Crippen LogP contribution in [0.2, 0.25) is 0 Å². The van der Waals surface area contributed by atoms with Crippen molar-refractivity contribution in [2.45, 2.75) is 12.5 Å². The maximum atomic E-state index is 13.6. The number of fused-ring (bicyclic) bond motifs is 2. The van der Waals surface area contributed by atoms with Gasteiger partial charge in [0.2, 0.25) is 0 Å². The van der Waals surface area contributed by atoms with Gasteiger partial charge < -0.3 is 19.8 Å². The van der Waals surface area contributed by atoms with Crippen molar-refractivity contribution in [2.75, 3.05) is 25.7 Å². The number of hydrogen-bond acceptors (Lipinski definition) is 8. The predicted octanol–water partition coefficient (Wildman–Crippen LogP) is 2.19. The molecule has 2 N–H and O–H groups in total. The quantitative estimate of drug-likeness (QED) is 0.383. The summed E-state index contributed by atoms with van der Waals surface area (Å²) < 4.78 is 48.6. The molecule has 4 rings (SSSR count). The predicted molar refractivity (Wildman–Crippen MR) is 123 cm³/mol. The molecular formula is C21H23FN6O5S. The summed E-state index contributed by atoms with van der Waals surface area (Å²) >= 11 is 0. The Balaban J connectivity index is 1.58. The van der Waals surface area contributed by atoms with Crippen molar-refractivity contribution >= 4 is 38.0 Å². The van der Waals surface area contributed by atoms with Crippen molar-refractivity contribution in [2.24, 2.45) is 7.05 Å². The first-order valence-corrected chi connectivity index (χ1v) is 12.3. The highest BCUT2D eigenvalue weighted by Crippen LogP contribution is 2.29. The third kappa shape index (κ3) is 5.15. The van der Waals surface area contributed by atoms with E-state index in [-0.39, 0.29) is 30.3 Å². The van der Waals surface area contributed by atoms with Crippen LogP contribution in [-0.4, -0.2) is 71.0 Å². The van der Waals surface area contributed by atoms with Crippen molar-refractivity contribution in [1.82, 2.24) is 30.0 Å². The largest absolute Gasteiger partial charge is 0.413 e. The summed E-state index contributed by atoms with van der Waals surface area (Å²) in [7, 11) is -0.0466. The van der Waals surface area contributed by atoms with Crippen molar-refractivity contribution in [3.05, 3.63) is 36.4 Å². The molecule has 0 unspecified atom stereocenters. The summed E-state index contributed by atoms with van der Waals surface area (Å²) in [5.74, 6) is -0.350. The minimum absolute atomic E-state index is 0.106. The fraction of sp³-hybridized carbons (Fsp3) is 0.333. The Hall–Kier alpha value is -3.58. The molecule has 4 aromatic rings. The van der Waals surface area contributed by atoms with Crippen LogP contribution in [0.15, 0.2) is 30.6 Å². The van der Waals surface area contributed by atoms with Gasteiger partial charge in [0, 0.05) is 32.0 Å². The van der Waals surface area contributed by atoms with E-state index < -0.39 is 22.0 Å². The Morgan fingerprint density at radius 2 is 2.15 bits per heavy atom. The lowest BCUT2D eigenvalue weighted by molar-refractivity contribution is 0.153. The Kier molecular flexibility index (Phi) is 6.48. The van der Waals surface area contributed by atoms with E-state index in [2.05, 4.69) is 25.4 Å². The van der Waals surface area contributed by atoms with Gasteiger partial charge in [0.1, 0.15) is 27.0 Å². The third-order valence-corrected chi connectivity index (χ3v) is 6.11. The Bertz CT molecular complexity index is 1470. The molecule has 0 aliphatic heterocycles. The van der Waals surface area contributed by atoms with Gasteiger partial charge >= 0.3 is 6.09 Å². The van der Waals surface area contributed by atoms with E-state index >= 15 is 0 Å². The number of rotatable bonds is 8. The van der Waals surface area contributed by atoms with Gasteiger partial charge in [-0.15, -0.1) is 0 Å². The molecule has 0 aliphatic carbocycles. The molecule has 0 bridgehead atoms. The second-order valence-electron chi connectivity index (χ2n) is 7.84. The van der Waals surface area contributed by atoms with Crippen LogP contribution >= 0.6 is 0 Å². The Morgan fingerprint density at radius 1 is 1.35 bits per heavy atom. The smallest absolute Gasteiger partial charge is 0.406 e.